The minimum absolute atomic E-state index is 0.00303. The van der Waals surface area contributed by atoms with E-state index in [1.54, 1.807) is 0 Å². The molecule has 0 aliphatic carbocycles. The summed E-state index contributed by atoms with van der Waals surface area (Å²) < 4.78 is 41.0. The van der Waals surface area contributed by atoms with Crippen molar-refractivity contribution in [1.82, 2.24) is 25.1 Å². The predicted molar refractivity (Wildman–Crippen MR) is 106 cm³/mol. The first-order chi connectivity index (χ1) is 14.0. The molecule has 0 radical (unpaired) electrons. The Morgan fingerprint density at radius 1 is 1.13 bits per heavy atom. The Morgan fingerprint density at radius 2 is 1.77 bits per heavy atom. The summed E-state index contributed by atoms with van der Waals surface area (Å²) in [5.41, 5.74) is 2.40. The average Bonchev–Trinajstić information content (AvgIpc) is 3.11. The number of carbonyl (C=O) groups is 1. The Morgan fingerprint density at radius 3 is 2.33 bits per heavy atom. The second-order valence-electron chi connectivity index (χ2n) is 6.67. The van der Waals surface area contributed by atoms with Gasteiger partial charge in [-0.15, -0.1) is 5.10 Å². The summed E-state index contributed by atoms with van der Waals surface area (Å²) in [6.45, 7) is 3.64. The van der Waals surface area contributed by atoms with E-state index < -0.39 is 18.1 Å². The van der Waals surface area contributed by atoms with E-state index in [0.717, 1.165) is 18.2 Å². The second kappa shape index (κ2) is 8.23. The maximum Gasteiger partial charge on any atom is 0.471 e. The van der Waals surface area contributed by atoms with Gasteiger partial charge in [-0.25, -0.2) is 0 Å². The summed E-state index contributed by atoms with van der Waals surface area (Å²) in [7, 11) is 1.02. The summed E-state index contributed by atoms with van der Waals surface area (Å²) >= 11 is 12.2. The minimum atomic E-state index is -5.09. The third-order valence-corrected chi connectivity index (χ3v) is 5.16. The SMILES string of the molecule is Cc1cccc(C)c1-n1nnnc1[C@H](c1ccc(Cl)cc1Cl)N(C)C(=O)C(F)(F)F. The molecule has 30 heavy (non-hydrogen) atoms. The molecule has 0 saturated heterocycles. The van der Waals surface area contributed by atoms with Gasteiger partial charge in [0.25, 0.3) is 0 Å². The Bertz CT molecular complexity index is 1080. The van der Waals surface area contributed by atoms with Crippen LogP contribution in [0.25, 0.3) is 5.69 Å². The molecule has 0 bridgehead atoms. The van der Waals surface area contributed by atoms with E-state index in [1.807, 2.05) is 32.0 Å². The smallest absolute Gasteiger partial charge is 0.323 e. The van der Waals surface area contributed by atoms with Crippen LogP contribution in [0, 0.1) is 13.8 Å². The van der Waals surface area contributed by atoms with Crippen LogP contribution in [-0.2, 0) is 4.79 Å². The van der Waals surface area contributed by atoms with Gasteiger partial charge in [-0.05, 0) is 47.5 Å². The molecule has 1 amide bonds. The van der Waals surface area contributed by atoms with Gasteiger partial charge in [-0.1, -0.05) is 47.5 Å². The summed E-state index contributed by atoms with van der Waals surface area (Å²) in [6.07, 6.45) is -5.09. The number of alkyl halides is 3. The molecule has 1 heterocycles. The number of carbonyl (C=O) groups excluding carboxylic acids is 1. The molecule has 1 aromatic heterocycles. The third-order valence-electron chi connectivity index (χ3n) is 4.60. The van der Waals surface area contributed by atoms with Crippen LogP contribution in [0.5, 0.6) is 0 Å². The quantitative estimate of drug-likeness (QED) is 0.569. The Labute approximate surface area is 180 Å². The van der Waals surface area contributed by atoms with Crippen LogP contribution in [0.1, 0.15) is 28.6 Å². The Hall–Kier alpha value is -2.65. The number of tetrazole rings is 1. The first-order valence-corrected chi connectivity index (χ1v) is 9.41. The number of benzene rings is 2. The fourth-order valence-electron chi connectivity index (χ4n) is 3.22. The number of para-hydroxylation sites is 1. The molecule has 0 saturated carbocycles. The molecule has 158 valence electrons. The van der Waals surface area contributed by atoms with Gasteiger partial charge in [0.15, 0.2) is 5.82 Å². The Kier molecular flexibility index (Phi) is 6.05. The van der Waals surface area contributed by atoms with E-state index in [9.17, 15) is 18.0 Å². The van der Waals surface area contributed by atoms with Gasteiger partial charge in [0.05, 0.1) is 5.69 Å². The van der Waals surface area contributed by atoms with Crippen LogP contribution in [0.15, 0.2) is 36.4 Å². The highest BCUT2D eigenvalue weighted by Gasteiger charge is 2.45. The molecule has 0 aliphatic heterocycles. The van der Waals surface area contributed by atoms with Gasteiger partial charge in [0, 0.05) is 22.7 Å². The van der Waals surface area contributed by atoms with Crippen molar-refractivity contribution in [2.24, 2.45) is 0 Å². The van der Waals surface area contributed by atoms with Crippen molar-refractivity contribution in [1.29, 1.82) is 0 Å². The lowest BCUT2D eigenvalue weighted by Crippen LogP contribution is -2.42. The van der Waals surface area contributed by atoms with Crippen LogP contribution in [0.2, 0.25) is 10.0 Å². The van der Waals surface area contributed by atoms with Crippen LogP contribution in [-0.4, -0.2) is 44.2 Å². The van der Waals surface area contributed by atoms with Gasteiger partial charge < -0.3 is 4.90 Å². The van der Waals surface area contributed by atoms with E-state index in [2.05, 4.69) is 15.5 Å². The second-order valence-corrected chi connectivity index (χ2v) is 7.52. The van der Waals surface area contributed by atoms with E-state index in [-0.39, 0.29) is 16.4 Å². The summed E-state index contributed by atoms with van der Waals surface area (Å²) in [4.78, 5) is 12.6. The highest BCUT2D eigenvalue weighted by Crippen LogP contribution is 2.36. The molecular weight excluding hydrogens is 442 g/mol. The molecular formula is C19H16Cl2F3N5O. The van der Waals surface area contributed by atoms with E-state index in [1.165, 1.54) is 22.9 Å². The van der Waals surface area contributed by atoms with Crippen molar-refractivity contribution in [3.8, 4) is 5.69 Å². The fraction of sp³-hybridized carbons (Fsp3) is 0.263. The van der Waals surface area contributed by atoms with E-state index in [4.69, 9.17) is 23.2 Å². The van der Waals surface area contributed by atoms with Gasteiger partial charge in [-0.3, -0.25) is 4.79 Å². The highest BCUT2D eigenvalue weighted by atomic mass is 35.5. The van der Waals surface area contributed by atoms with Crippen molar-refractivity contribution in [3.05, 3.63) is 69.0 Å². The van der Waals surface area contributed by atoms with Gasteiger partial charge in [0.2, 0.25) is 0 Å². The molecule has 0 fully saturated rings. The normalized spacial score (nSPS) is 12.7. The highest BCUT2D eigenvalue weighted by molar-refractivity contribution is 6.35. The van der Waals surface area contributed by atoms with Gasteiger partial charge in [-0.2, -0.15) is 17.9 Å². The van der Waals surface area contributed by atoms with Crippen molar-refractivity contribution in [3.63, 3.8) is 0 Å². The van der Waals surface area contributed by atoms with Crippen LogP contribution in [0.3, 0.4) is 0 Å². The lowest BCUT2D eigenvalue weighted by Gasteiger charge is -2.29. The number of nitrogens with zero attached hydrogens (tertiary/aromatic N) is 5. The summed E-state index contributed by atoms with van der Waals surface area (Å²) in [5, 5.41) is 11.9. The first kappa shape index (κ1) is 22.0. The number of rotatable bonds is 4. The number of hydrogen-bond acceptors (Lipinski definition) is 4. The van der Waals surface area contributed by atoms with Crippen molar-refractivity contribution in [2.45, 2.75) is 26.1 Å². The average molecular weight is 458 g/mol. The van der Waals surface area contributed by atoms with Crippen LogP contribution < -0.4 is 0 Å². The fourth-order valence-corrected chi connectivity index (χ4v) is 3.74. The molecule has 0 unspecified atom stereocenters. The molecule has 2 aromatic carbocycles. The summed E-state index contributed by atoms with van der Waals surface area (Å²) in [6, 6.07) is 8.45. The number of amides is 1. The van der Waals surface area contributed by atoms with E-state index >= 15 is 0 Å². The van der Waals surface area contributed by atoms with Crippen molar-refractivity contribution < 1.29 is 18.0 Å². The zero-order valence-electron chi connectivity index (χ0n) is 16.1. The van der Waals surface area contributed by atoms with Crippen molar-refractivity contribution in [2.75, 3.05) is 7.05 Å². The standard InChI is InChI=1S/C19H16Cl2F3N5O/c1-10-5-4-6-11(2)15(10)29-17(25-26-27-29)16(28(3)18(30)19(22,23)24)13-8-7-12(20)9-14(13)21/h4-9,16H,1-3H3/t16-/m0/s1. The largest absolute Gasteiger partial charge is 0.471 e. The number of hydrogen-bond donors (Lipinski definition) is 0. The molecule has 3 aromatic rings. The number of aryl methyl sites for hydroxylation is 2. The lowest BCUT2D eigenvalue weighted by molar-refractivity contribution is -0.185. The molecule has 0 spiro atoms. The number of aromatic nitrogens is 4. The minimum Gasteiger partial charge on any atom is -0.323 e. The predicted octanol–water partition coefficient (Wildman–Crippen LogP) is 4.70. The number of halogens is 5. The Balaban J connectivity index is 2.25. The molecule has 11 heteroatoms. The maximum absolute atomic E-state index is 13.2. The van der Waals surface area contributed by atoms with Gasteiger partial charge >= 0.3 is 12.1 Å². The molecule has 1 atom stereocenters. The van der Waals surface area contributed by atoms with Crippen molar-refractivity contribution >= 4 is 29.1 Å². The molecule has 6 nitrogen and oxygen atoms in total. The zero-order valence-corrected chi connectivity index (χ0v) is 17.6. The topological polar surface area (TPSA) is 63.9 Å². The summed E-state index contributed by atoms with van der Waals surface area (Å²) in [5.74, 6) is -2.06. The van der Waals surface area contributed by atoms with Crippen LogP contribution in [0.4, 0.5) is 13.2 Å². The zero-order chi connectivity index (χ0) is 22.2. The van der Waals surface area contributed by atoms with Gasteiger partial charge in [0.1, 0.15) is 6.04 Å². The molecule has 0 aliphatic rings. The molecule has 3 rings (SSSR count). The first-order valence-electron chi connectivity index (χ1n) is 8.66. The van der Waals surface area contributed by atoms with Crippen LogP contribution >= 0.6 is 23.2 Å². The lowest BCUT2D eigenvalue weighted by atomic mass is 10.0. The van der Waals surface area contributed by atoms with E-state index in [0.29, 0.717) is 15.6 Å². The monoisotopic (exact) mass is 457 g/mol. The maximum atomic E-state index is 13.2. The third kappa shape index (κ3) is 4.13. The molecule has 0 N–H and O–H groups in total.